The van der Waals surface area contributed by atoms with Crippen LogP contribution in [0.1, 0.15) is 21.5 Å². The van der Waals surface area contributed by atoms with Gasteiger partial charge in [0.1, 0.15) is 0 Å². The van der Waals surface area contributed by atoms with Crippen molar-refractivity contribution in [2.45, 2.75) is 13.3 Å². The number of nitrogens with zero attached hydrogens (tertiary/aromatic N) is 1. The Kier molecular flexibility index (Phi) is 4.13. The molecule has 0 bridgehead atoms. The van der Waals surface area contributed by atoms with Crippen molar-refractivity contribution >= 4 is 11.6 Å². The van der Waals surface area contributed by atoms with Gasteiger partial charge in [0.15, 0.2) is 0 Å². The summed E-state index contributed by atoms with van der Waals surface area (Å²) < 4.78 is 0. The number of aromatic nitrogens is 1. The van der Waals surface area contributed by atoms with Crippen molar-refractivity contribution in [3.63, 3.8) is 0 Å². The SMILES string of the molecule is Cc1cc(N)ccc1C(=O)NCCc1ccncc1. The van der Waals surface area contributed by atoms with E-state index in [9.17, 15) is 4.79 Å². The maximum atomic E-state index is 12.0. The molecule has 0 spiro atoms. The Bertz CT molecular complexity index is 567. The van der Waals surface area contributed by atoms with Gasteiger partial charge in [0.2, 0.25) is 0 Å². The average molecular weight is 255 g/mol. The van der Waals surface area contributed by atoms with Gasteiger partial charge in [-0.15, -0.1) is 0 Å². The van der Waals surface area contributed by atoms with E-state index in [-0.39, 0.29) is 5.91 Å². The van der Waals surface area contributed by atoms with E-state index in [0.29, 0.717) is 17.8 Å². The van der Waals surface area contributed by atoms with Crippen LogP contribution in [0.5, 0.6) is 0 Å². The first kappa shape index (κ1) is 13.1. The molecule has 1 heterocycles. The molecule has 98 valence electrons. The minimum Gasteiger partial charge on any atom is -0.399 e. The lowest BCUT2D eigenvalue weighted by Crippen LogP contribution is -2.26. The number of hydrogen-bond donors (Lipinski definition) is 2. The van der Waals surface area contributed by atoms with E-state index in [4.69, 9.17) is 5.73 Å². The predicted octanol–water partition coefficient (Wildman–Crippen LogP) is 1.94. The standard InChI is InChI=1S/C15H17N3O/c1-11-10-13(16)2-3-14(11)15(19)18-9-6-12-4-7-17-8-5-12/h2-5,7-8,10H,6,9,16H2,1H3,(H,18,19). The number of rotatable bonds is 4. The largest absolute Gasteiger partial charge is 0.399 e. The van der Waals surface area contributed by atoms with Crippen LogP contribution in [0.4, 0.5) is 5.69 Å². The summed E-state index contributed by atoms with van der Waals surface area (Å²) in [5.41, 5.74) is 9.06. The third-order valence-electron chi connectivity index (χ3n) is 2.94. The van der Waals surface area contributed by atoms with Gasteiger partial charge in [0, 0.05) is 30.2 Å². The number of carbonyl (C=O) groups excluding carboxylic acids is 1. The Morgan fingerprint density at radius 1 is 1.26 bits per heavy atom. The summed E-state index contributed by atoms with van der Waals surface area (Å²) in [5.74, 6) is -0.0634. The van der Waals surface area contributed by atoms with Crippen molar-refractivity contribution in [1.29, 1.82) is 0 Å². The number of amides is 1. The predicted molar refractivity (Wildman–Crippen MR) is 75.9 cm³/mol. The fraction of sp³-hybridized carbons (Fsp3) is 0.200. The van der Waals surface area contributed by atoms with Crippen LogP contribution in [0.15, 0.2) is 42.7 Å². The van der Waals surface area contributed by atoms with E-state index in [1.807, 2.05) is 19.1 Å². The molecular formula is C15H17N3O. The second kappa shape index (κ2) is 6.00. The zero-order chi connectivity index (χ0) is 13.7. The maximum absolute atomic E-state index is 12.0. The highest BCUT2D eigenvalue weighted by atomic mass is 16.1. The molecule has 0 saturated carbocycles. The second-order valence-electron chi connectivity index (χ2n) is 4.44. The van der Waals surface area contributed by atoms with Crippen LogP contribution in [-0.4, -0.2) is 17.4 Å². The van der Waals surface area contributed by atoms with Gasteiger partial charge in [-0.3, -0.25) is 9.78 Å². The summed E-state index contributed by atoms with van der Waals surface area (Å²) in [5, 5.41) is 2.91. The molecule has 3 N–H and O–H groups in total. The molecule has 1 aromatic heterocycles. The number of nitrogens with two attached hydrogens (primary N) is 1. The van der Waals surface area contributed by atoms with Gasteiger partial charge >= 0.3 is 0 Å². The quantitative estimate of drug-likeness (QED) is 0.820. The molecule has 19 heavy (non-hydrogen) atoms. The molecule has 2 rings (SSSR count). The van der Waals surface area contributed by atoms with Crippen molar-refractivity contribution < 1.29 is 4.79 Å². The molecule has 0 radical (unpaired) electrons. The van der Waals surface area contributed by atoms with Gasteiger partial charge in [0.25, 0.3) is 5.91 Å². The molecule has 1 amide bonds. The number of carbonyl (C=O) groups is 1. The van der Waals surface area contributed by atoms with Crippen molar-refractivity contribution in [2.24, 2.45) is 0 Å². The summed E-state index contributed by atoms with van der Waals surface area (Å²) >= 11 is 0. The minimum atomic E-state index is -0.0634. The molecule has 0 unspecified atom stereocenters. The number of pyridine rings is 1. The van der Waals surface area contributed by atoms with Crippen LogP contribution >= 0.6 is 0 Å². The van der Waals surface area contributed by atoms with Crippen LogP contribution in [0, 0.1) is 6.92 Å². The van der Waals surface area contributed by atoms with Gasteiger partial charge in [-0.2, -0.15) is 0 Å². The number of nitrogens with one attached hydrogen (secondary N) is 1. The topological polar surface area (TPSA) is 68.0 Å². The van der Waals surface area contributed by atoms with E-state index in [0.717, 1.165) is 17.5 Å². The van der Waals surface area contributed by atoms with Crippen LogP contribution in [0.3, 0.4) is 0 Å². The zero-order valence-corrected chi connectivity index (χ0v) is 10.9. The molecule has 0 aliphatic carbocycles. The summed E-state index contributed by atoms with van der Waals surface area (Å²) in [6.45, 7) is 2.49. The van der Waals surface area contributed by atoms with Gasteiger partial charge < -0.3 is 11.1 Å². The smallest absolute Gasteiger partial charge is 0.251 e. The van der Waals surface area contributed by atoms with Crippen molar-refractivity contribution in [3.05, 3.63) is 59.4 Å². The van der Waals surface area contributed by atoms with Crippen LogP contribution in [-0.2, 0) is 6.42 Å². The summed E-state index contributed by atoms with van der Waals surface area (Å²) in [6.07, 6.45) is 4.30. The third kappa shape index (κ3) is 3.55. The first-order valence-electron chi connectivity index (χ1n) is 6.20. The van der Waals surface area contributed by atoms with E-state index in [2.05, 4.69) is 10.3 Å². The van der Waals surface area contributed by atoms with Crippen molar-refractivity contribution in [2.75, 3.05) is 12.3 Å². The Morgan fingerprint density at radius 3 is 2.68 bits per heavy atom. The first-order chi connectivity index (χ1) is 9.16. The maximum Gasteiger partial charge on any atom is 0.251 e. The van der Waals surface area contributed by atoms with Gasteiger partial charge in [-0.1, -0.05) is 0 Å². The van der Waals surface area contributed by atoms with E-state index >= 15 is 0 Å². The molecule has 0 saturated heterocycles. The monoisotopic (exact) mass is 255 g/mol. The van der Waals surface area contributed by atoms with E-state index in [1.165, 1.54) is 0 Å². The second-order valence-corrected chi connectivity index (χ2v) is 4.44. The first-order valence-corrected chi connectivity index (χ1v) is 6.20. The molecule has 0 aliphatic heterocycles. The molecule has 0 atom stereocenters. The van der Waals surface area contributed by atoms with E-state index < -0.39 is 0 Å². The minimum absolute atomic E-state index is 0.0634. The highest BCUT2D eigenvalue weighted by Crippen LogP contribution is 2.12. The number of aryl methyl sites for hydroxylation is 1. The fourth-order valence-corrected chi connectivity index (χ4v) is 1.91. The molecule has 4 heteroatoms. The third-order valence-corrected chi connectivity index (χ3v) is 2.94. The number of hydrogen-bond acceptors (Lipinski definition) is 3. The number of nitrogen functional groups attached to an aromatic ring is 1. The molecule has 0 fully saturated rings. The van der Waals surface area contributed by atoms with E-state index in [1.54, 1.807) is 30.6 Å². The molecule has 0 aliphatic rings. The summed E-state index contributed by atoms with van der Waals surface area (Å²) in [6, 6.07) is 9.19. The molecule has 2 aromatic rings. The van der Waals surface area contributed by atoms with Crippen LogP contribution in [0.25, 0.3) is 0 Å². The fourth-order valence-electron chi connectivity index (χ4n) is 1.91. The highest BCUT2D eigenvalue weighted by Gasteiger charge is 2.08. The Balaban J connectivity index is 1.91. The Labute approximate surface area is 112 Å². The average Bonchev–Trinajstić information content (AvgIpc) is 2.39. The summed E-state index contributed by atoms with van der Waals surface area (Å²) in [7, 11) is 0. The van der Waals surface area contributed by atoms with Gasteiger partial charge in [-0.05, 0) is 54.8 Å². The van der Waals surface area contributed by atoms with Gasteiger partial charge in [-0.25, -0.2) is 0 Å². The van der Waals surface area contributed by atoms with Crippen molar-refractivity contribution in [3.8, 4) is 0 Å². The Morgan fingerprint density at radius 2 is 2.00 bits per heavy atom. The van der Waals surface area contributed by atoms with Crippen molar-refractivity contribution in [1.82, 2.24) is 10.3 Å². The zero-order valence-electron chi connectivity index (χ0n) is 10.9. The lowest BCUT2D eigenvalue weighted by Gasteiger charge is -2.08. The number of anilines is 1. The molecule has 4 nitrogen and oxygen atoms in total. The van der Waals surface area contributed by atoms with Crippen LogP contribution in [0.2, 0.25) is 0 Å². The van der Waals surface area contributed by atoms with Crippen LogP contribution < -0.4 is 11.1 Å². The van der Waals surface area contributed by atoms with Gasteiger partial charge in [0.05, 0.1) is 0 Å². The normalized spacial score (nSPS) is 10.2. The molecule has 1 aromatic carbocycles. The lowest BCUT2D eigenvalue weighted by molar-refractivity contribution is 0.0953. The lowest BCUT2D eigenvalue weighted by atomic mass is 10.1. The Hall–Kier alpha value is -2.36. The molecular weight excluding hydrogens is 238 g/mol. The summed E-state index contributed by atoms with van der Waals surface area (Å²) in [4.78, 5) is 16.0. The number of benzene rings is 1. The highest BCUT2D eigenvalue weighted by molar-refractivity contribution is 5.95.